The molecule has 132 valence electrons. The van der Waals surface area contributed by atoms with Gasteiger partial charge in [-0.25, -0.2) is 0 Å². The van der Waals surface area contributed by atoms with E-state index in [-0.39, 0.29) is 23.6 Å². The van der Waals surface area contributed by atoms with E-state index in [1.54, 1.807) is 7.11 Å². The molecule has 5 nitrogen and oxygen atoms in total. The summed E-state index contributed by atoms with van der Waals surface area (Å²) in [6.45, 7) is 0.997. The minimum absolute atomic E-state index is 0.0372. The maximum absolute atomic E-state index is 12.5. The zero-order valence-electron chi connectivity index (χ0n) is 14.2. The van der Waals surface area contributed by atoms with Crippen molar-refractivity contribution in [3.05, 3.63) is 29.8 Å². The number of rotatable bonds is 8. The second kappa shape index (κ2) is 10.4. The maximum atomic E-state index is 12.5. The minimum Gasteiger partial charge on any atom is -0.383 e. The van der Waals surface area contributed by atoms with Crippen molar-refractivity contribution in [3.8, 4) is 0 Å². The second-order valence-electron chi connectivity index (χ2n) is 5.94. The maximum Gasteiger partial charge on any atom is 0.252 e. The highest BCUT2D eigenvalue weighted by atomic mass is 32.2. The molecule has 2 N–H and O–H groups in total. The average molecular weight is 350 g/mol. The normalized spacial score (nSPS) is 15.0. The summed E-state index contributed by atoms with van der Waals surface area (Å²) in [5, 5.41) is 5.92. The fraction of sp³-hybridized carbons (Fsp3) is 0.556. The summed E-state index contributed by atoms with van der Waals surface area (Å²) in [5.41, 5.74) is 0.651. The number of carbonyl (C=O) groups excluding carboxylic acids is 2. The molecule has 6 heteroatoms. The van der Waals surface area contributed by atoms with Gasteiger partial charge in [0, 0.05) is 24.6 Å². The third kappa shape index (κ3) is 6.17. The lowest BCUT2D eigenvalue weighted by molar-refractivity contribution is -0.118. The van der Waals surface area contributed by atoms with E-state index in [1.807, 2.05) is 24.3 Å². The molecule has 0 aliphatic heterocycles. The van der Waals surface area contributed by atoms with Gasteiger partial charge in [-0.3, -0.25) is 9.59 Å². The van der Waals surface area contributed by atoms with Gasteiger partial charge in [-0.2, -0.15) is 0 Å². The molecule has 0 unspecified atom stereocenters. The molecule has 1 aromatic rings. The summed E-state index contributed by atoms with van der Waals surface area (Å²) >= 11 is 1.39. The summed E-state index contributed by atoms with van der Waals surface area (Å²) in [7, 11) is 1.60. The number of carbonyl (C=O) groups is 2. The van der Waals surface area contributed by atoms with Crippen LogP contribution in [0.1, 0.15) is 42.5 Å². The SMILES string of the molecule is COCCNC(=O)CSc1ccccc1C(=O)NC1CCCCC1. The van der Waals surface area contributed by atoms with Crippen LogP contribution in [0.4, 0.5) is 0 Å². The van der Waals surface area contributed by atoms with Crippen LogP contribution in [0.2, 0.25) is 0 Å². The first kappa shape index (κ1) is 18.8. The minimum atomic E-state index is -0.0560. The molecule has 1 saturated carbocycles. The molecule has 24 heavy (non-hydrogen) atoms. The van der Waals surface area contributed by atoms with E-state index >= 15 is 0 Å². The molecule has 0 atom stereocenters. The topological polar surface area (TPSA) is 67.4 Å². The van der Waals surface area contributed by atoms with E-state index in [9.17, 15) is 9.59 Å². The number of benzene rings is 1. The van der Waals surface area contributed by atoms with Gasteiger partial charge in [-0.05, 0) is 25.0 Å². The Morgan fingerprint density at radius 1 is 1.21 bits per heavy atom. The predicted octanol–water partition coefficient (Wildman–Crippen LogP) is 2.60. The number of ether oxygens (including phenoxy) is 1. The monoisotopic (exact) mass is 350 g/mol. The molecular formula is C18H26N2O3S. The lowest BCUT2D eigenvalue weighted by Crippen LogP contribution is -2.36. The van der Waals surface area contributed by atoms with Crippen molar-refractivity contribution >= 4 is 23.6 Å². The van der Waals surface area contributed by atoms with Crippen LogP contribution >= 0.6 is 11.8 Å². The van der Waals surface area contributed by atoms with Crippen LogP contribution in [0.25, 0.3) is 0 Å². The Bertz CT molecular complexity index is 545. The van der Waals surface area contributed by atoms with E-state index in [4.69, 9.17) is 4.74 Å². The molecule has 0 radical (unpaired) electrons. The van der Waals surface area contributed by atoms with Crippen molar-refractivity contribution < 1.29 is 14.3 Å². The zero-order valence-corrected chi connectivity index (χ0v) is 15.0. The first-order valence-corrected chi connectivity index (χ1v) is 9.47. The van der Waals surface area contributed by atoms with Crippen LogP contribution in [-0.4, -0.2) is 43.9 Å². The summed E-state index contributed by atoms with van der Waals surface area (Å²) < 4.78 is 4.90. The van der Waals surface area contributed by atoms with Crippen LogP contribution in [0.15, 0.2) is 29.2 Å². The number of thioether (sulfide) groups is 1. The molecule has 1 aliphatic rings. The van der Waals surface area contributed by atoms with E-state index in [1.165, 1.54) is 31.0 Å². The van der Waals surface area contributed by atoms with E-state index in [2.05, 4.69) is 10.6 Å². The van der Waals surface area contributed by atoms with Gasteiger partial charge in [-0.1, -0.05) is 31.4 Å². The molecule has 1 aliphatic carbocycles. The molecule has 1 aromatic carbocycles. The Morgan fingerprint density at radius 2 is 1.96 bits per heavy atom. The first-order valence-electron chi connectivity index (χ1n) is 8.49. The van der Waals surface area contributed by atoms with Gasteiger partial charge in [0.1, 0.15) is 0 Å². The smallest absolute Gasteiger partial charge is 0.252 e. The van der Waals surface area contributed by atoms with Crippen molar-refractivity contribution in [1.82, 2.24) is 10.6 Å². The van der Waals surface area contributed by atoms with Gasteiger partial charge in [-0.15, -0.1) is 11.8 Å². The third-order valence-electron chi connectivity index (χ3n) is 4.06. The van der Waals surface area contributed by atoms with Crippen molar-refractivity contribution in [2.24, 2.45) is 0 Å². The molecule has 0 heterocycles. The highest BCUT2D eigenvalue weighted by Gasteiger charge is 2.18. The third-order valence-corrected chi connectivity index (χ3v) is 5.13. The Kier molecular flexibility index (Phi) is 8.12. The van der Waals surface area contributed by atoms with Gasteiger partial charge in [0.15, 0.2) is 0 Å². The summed E-state index contributed by atoms with van der Waals surface area (Å²) in [6.07, 6.45) is 5.74. The van der Waals surface area contributed by atoms with Crippen molar-refractivity contribution in [2.45, 2.75) is 43.0 Å². The molecule has 2 amide bonds. The van der Waals surface area contributed by atoms with E-state index in [0.29, 0.717) is 18.7 Å². The number of amides is 2. The van der Waals surface area contributed by atoms with Crippen molar-refractivity contribution in [1.29, 1.82) is 0 Å². The average Bonchev–Trinajstić information content (AvgIpc) is 2.61. The van der Waals surface area contributed by atoms with Gasteiger partial charge in [0.2, 0.25) is 5.91 Å². The van der Waals surface area contributed by atoms with E-state index in [0.717, 1.165) is 17.7 Å². The van der Waals surface area contributed by atoms with Crippen LogP contribution in [0, 0.1) is 0 Å². The molecule has 2 rings (SSSR count). The van der Waals surface area contributed by atoms with Crippen LogP contribution in [0.3, 0.4) is 0 Å². The van der Waals surface area contributed by atoms with Crippen LogP contribution in [-0.2, 0) is 9.53 Å². The molecule has 0 spiro atoms. The highest BCUT2D eigenvalue weighted by molar-refractivity contribution is 8.00. The lowest BCUT2D eigenvalue weighted by Gasteiger charge is -2.23. The highest BCUT2D eigenvalue weighted by Crippen LogP contribution is 2.24. The molecule has 0 bridgehead atoms. The number of hydrogen-bond acceptors (Lipinski definition) is 4. The fourth-order valence-electron chi connectivity index (χ4n) is 2.78. The first-order chi connectivity index (χ1) is 11.7. The standard InChI is InChI=1S/C18H26N2O3S/c1-23-12-11-19-17(21)13-24-16-10-6-5-9-15(16)18(22)20-14-7-3-2-4-8-14/h5-6,9-10,14H,2-4,7-8,11-13H2,1H3,(H,19,21)(H,20,22). The van der Waals surface area contributed by atoms with Crippen molar-refractivity contribution in [3.63, 3.8) is 0 Å². The molecule has 0 saturated heterocycles. The number of hydrogen-bond donors (Lipinski definition) is 2. The van der Waals surface area contributed by atoms with Gasteiger partial charge < -0.3 is 15.4 Å². The Hall–Kier alpha value is -1.53. The van der Waals surface area contributed by atoms with Gasteiger partial charge >= 0.3 is 0 Å². The Labute approximate surface area is 147 Å². The number of methoxy groups -OCH3 is 1. The quantitative estimate of drug-likeness (QED) is 0.559. The lowest BCUT2D eigenvalue weighted by atomic mass is 9.95. The van der Waals surface area contributed by atoms with Crippen LogP contribution < -0.4 is 10.6 Å². The summed E-state index contributed by atoms with van der Waals surface area (Å²) in [6, 6.07) is 7.74. The number of nitrogens with one attached hydrogen (secondary N) is 2. The summed E-state index contributed by atoms with van der Waals surface area (Å²) in [5.74, 6) is 0.196. The van der Waals surface area contributed by atoms with Crippen molar-refractivity contribution in [2.75, 3.05) is 26.0 Å². The van der Waals surface area contributed by atoms with Gasteiger partial charge in [0.05, 0.1) is 17.9 Å². The predicted molar refractivity (Wildman–Crippen MR) is 96.4 cm³/mol. The second-order valence-corrected chi connectivity index (χ2v) is 6.95. The fourth-order valence-corrected chi connectivity index (χ4v) is 3.66. The Morgan fingerprint density at radius 3 is 2.71 bits per heavy atom. The van der Waals surface area contributed by atoms with Gasteiger partial charge in [0.25, 0.3) is 5.91 Å². The van der Waals surface area contributed by atoms with Crippen LogP contribution in [0.5, 0.6) is 0 Å². The molecular weight excluding hydrogens is 324 g/mol. The zero-order chi connectivity index (χ0) is 17.2. The summed E-state index contributed by atoms with van der Waals surface area (Å²) in [4.78, 5) is 25.2. The molecule has 0 aromatic heterocycles. The van der Waals surface area contributed by atoms with E-state index < -0.39 is 0 Å². The largest absolute Gasteiger partial charge is 0.383 e. The molecule has 1 fully saturated rings. The Balaban J connectivity index is 1.89.